The third kappa shape index (κ3) is 2.87. The van der Waals surface area contributed by atoms with Crippen LogP contribution in [0.3, 0.4) is 0 Å². The Kier molecular flexibility index (Phi) is 3.74. The van der Waals surface area contributed by atoms with Gasteiger partial charge >= 0.3 is 5.97 Å². The zero-order chi connectivity index (χ0) is 17.2. The van der Waals surface area contributed by atoms with Crippen molar-refractivity contribution < 1.29 is 9.90 Å². The van der Waals surface area contributed by atoms with Crippen molar-refractivity contribution in [2.24, 2.45) is 0 Å². The summed E-state index contributed by atoms with van der Waals surface area (Å²) in [6.45, 7) is 0.635. The summed E-state index contributed by atoms with van der Waals surface area (Å²) in [6.07, 6.45) is 0. The standard InChI is InChI=1S/C20H15N3O2/c24-20(25)17-11-6-10-16(21-17)19-22-15-9-4-5-12-18(15)23(19)13-14-7-2-1-3-8-14/h1-12H,13H2,(H,24,25). The van der Waals surface area contributed by atoms with Gasteiger partial charge in [0.15, 0.2) is 5.82 Å². The van der Waals surface area contributed by atoms with E-state index in [-0.39, 0.29) is 5.69 Å². The van der Waals surface area contributed by atoms with E-state index in [1.54, 1.807) is 12.1 Å². The molecule has 0 spiro atoms. The molecule has 0 unspecified atom stereocenters. The lowest BCUT2D eigenvalue weighted by molar-refractivity contribution is 0.0690. The first-order valence-corrected chi connectivity index (χ1v) is 7.92. The van der Waals surface area contributed by atoms with Crippen LogP contribution < -0.4 is 0 Å². The number of para-hydroxylation sites is 2. The molecule has 0 atom stereocenters. The van der Waals surface area contributed by atoms with E-state index in [0.717, 1.165) is 16.6 Å². The first-order chi connectivity index (χ1) is 12.2. The van der Waals surface area contributed by atoms with Crippen LogP contribution >= 0.6 is 0 Å². The van der Waals surface area contributed by atoms with E-state index in [1.165, 1.54) is 6.07 Å². The van der Waals surface area contributed by atoms with Gasteiger partial charge in [-0.15, -0.1) is 0 Å². The quantitative estimate of drug-likeness (QED) is 0.617. The lowest BCUT2D eigenvalue weighted by Crippen LogP contribution is -2.05. The molecule has 0 amide bonds. The molecule has 4 aromatic rings. The van der Waals surface area contributed by atoms with Crippen LogP contribution in [0.1, 0.15) is 16.1 Å². The Morgan fingerprint density at radius 3 is 2.44 bits per heavy atom. The van der Waals surface area contributed by atoms with Crippen LogP contribution in [0, 0.1) is 0 Å². The minimum atomic E-state index is -1.05. The average Bonchev–Trinajstić information content (AvgIpc) is 3.01. The van der Waals surface area contributed by atoms with Gasteiger partial charge in [-0.05, 0) is 29.8 Å². The highest BCUT2D eigenvalue weighted by molar-refractivity contribution is 5.86. The highest BCUT2D eigenvalue weighted by atomic mass is 16.4. The largest absolute Gasteiger partial charge is 0.477 e. The van der Waals surface area contributed by atoms with E-state index in [9.17, 15) is 9.90 Å². The predicted octanol–water partition coefficient (Wildman–Crippen LogP) is 3.84. The Morgan fingerprint density at radius 2 is 1.64 bits per heavy atom. The fraction of sp³-hybridized carbons (Fsp3) is 0.0500. The van der Waals surface area contributed by atoms with Crippen LogP contribution in [0.5, 0.6) is 0 Å². The fourth-order valence-corrected chi connectivity index (χ4v) is 2.88. The van der Waals surface area contributed by atoms with Gasteiger partial charge in [0, 0.05) is 6.54 Å². The van der Waals surface area contributed by atoms with Gasteiger partial charge in [-0.25, -0.2) is 14.8 Å². The Morgan fingerprint density at radius 1 is 0.880 bits per heavy atom. The number of pyridine rings is 1. The third-order valence-corrected chi connectivity index (χ3v) is 4.04. The molecule has 0 radical (unpaired) electrons. The summed E-state index contributed by atoms with van der Waals surface area (Å²) in [5, 5.41) is 9.21. The summed E-state index contributed by atoms with van der Waals surface area (Å²) in [7, 11) is 0. The summed E-state index contributed by atoms with van der Waals surface area (Å²) in [5.74, 6) is -0.388. The molecule has 5 heteroatoms. The summed E-state index contributed by atoms with van der Waals surface area (Å²) >= 11 is 0. The topological polar surface area (TPSA) is 68.0 Å². The highest BCUT2D eigenvalue weighted by Gasteiger charge is 2.15. The van der Waals surface area contributed by atoms with Crippen molar-refractivity contribution in [3.63, 3.8) is 0 Å². The van der Waals surface area contributed by atoms with Crippen molar-refractivity contribution in [2.45, 2.75) is 6.54 Å². The molecule has 122 valence electrons. The molecule has 0 saturated carbocycles. The van der Waals surface area contributed by atoms with E-state index in [2.05, 4.69) is 26.7 Å². The second-order valence-corrected chi connectivity index (χ2v) is 5.71. The number of carboxylic acid groups (broad SMARTS) is 1. The molecule has 0 saturated heterocycles. The monoisotopic (exact) mass is 329 g/mol. The number of carboxylic acids is 1. The Balaban J connectivity index is 1.90. The van der Waals surface area contributed by atoms with Gasteiger partial charge in [0.2, 0.25) is 0 Å². The van der Waals surface area contributed by atoms with E-state index in [4.69, 9.17) is 0 Å². The molecule has 0 aliphatic heterocycles. The maximum absolute atomic E-state index is 11.2. The van der Waals surface area contributed by atoms with E-state index < -0.39 is 5.97 Å². The van der Waals surface area contributed by atoms with Gasteiger partial charge in [0.1, 0.15) is 11.4 Å². The summed E-state index contributed by atoms with van der Waals surface area (Å²) in [6, 6.07) is 22.9. The molecule has 0 fully saturated rings. The van der Waals surface area contributed by atoms with Gasteiger partial charge < -0.3 is 9.67 Å². The molecular weight excluding hydrogens is 314 g/mol. The van der Waals surface area contributed by atoms with Crippen molar-refractivity contribution in [1.29, 1.82) is 0 Å². The number of nitrogens with zero attached hydrogens (tertiary/aromatic N) is 3. The fourth-order valence-electron chi connectivity index (χ4n) is 2.88. The number of hydrogen-bond acceptors (Lipinski definition) is 3. The first-order valence-electron chi connectivity index (χ1n) is 7.92. The number of aromatic nitrogens is 3. The maximum Gasteiger partial charge on any atom is 0.354 e. The summed E-state index contributed by atoms with van der Waals surface area (Å²) in [4.78, 5) is 20.2. The van der Waals surface area contributed by atoms with Gasteiger partial charge in [0.25, 0.3) is 0 Å². The number of imidazole rings is 1. The molecule has 0 aliphatic carbocycles. The van der Waals surface area contributed by atoms with Gasteiger partial charge in [0.05, 0.1) is 11.0 Å². The van der Waals surface area contributed by atoms with Crippen molar-refractivity contribution in [1.82, 2.24) is 14.5 Å². The van der Waals surface area contributed by atoms with E-state index in [1.807, 2.05) is 42.5 Å². The van der Waals surface area contributed by atoms with Crippen molar-refractivity contribution >= 4 is 17.0 Å². The Hall–Kier alpha value is -3.47. The number of rotatable bonds is 4. The Labute approximate surface area is 144 Å². The van der Waals surface area contributed by atoms with Crippen molar-refractivity contribution in [3.05, 3.63) is 84.1 Å². The molecule has 4 rings (SSSR count). The van der Waals surface area contributed by atoms with Gasteiger partial charge in [-0.1, -0.05) is 48.5 Å². The number of benzene rings is 2. The van der Waals surface area contributed by atoms with Crippen LogP contribution in [0.25, 0.3) is 22.6 Å². The molecule has 5 nitrogen and oxygen atoms in total. The number of hydrogen-bond donors (Lipinski definition) is 1. The highest BCUT2D eigenvalue weighted by Crippen LogP contribution is 2.25. The van der Waals surface area contributed by atoms with Crippen LogP contribution in [-0.4, -0.2) is 25.6 Å². The summed E-state index contributed by atoms with van der Waals surface area (Å²) < 4.78 is 2.07. The second-order valence-electron chi connectivity index (χ2n) is 5.71. The zero-order valence-corrected chi connectivity index (χ0v) is 13.3. The van der Waals surface area contributed by atoms with Crippen LogP contribution in [0.4, 0.5) is 0 Å². The maximum atomic E-state index is 11.2. The predicted molar refractivity (Wildman–Crippen MR) is 95.5 cm³/mol. The number of carbonyl (C=O) groups is 1. The molecule has 0 aliphatic rings. The molecule has 0 bridgehead atoms. The summed E-state index contributed by atoms with van der Waals surface area (Å²) in [5.41, 5.74) is 3.55. The minimum Gasteiger partial charge on any atom is -0.477 e. The minimum absolute atomic E-state index is 0.0100. The van der Waals surface area contributed by atoms with Crippen LogP contribution in [0.15, 0.2) is 72.8 Å². The van der Waals surface area contributed by atoms with Crippen molar-refractivity contribution in [3.8, 4) is 11.5 Å². The lowest BCUT2D eigenvalue weighted by Gasteiger charge is -2.09. The van der Waals surface area contributed by atoms with Crippen molar-refractivity contribution in [2.75, 3.05) is 0 Å². The first kappa shape index (κ1) is 15.1. The normalized spacial score (nSPS) is 10.9. The molecule has 2 aromatic heterocycles. The van der Waals surface area contributed by atoms with Gasteiger partial charge in [-0.2, -0.15) is 0 Å². The number of fused-ring (bicyclic) bond motifs is 1. The smallest absolute Gasteiger partial charge is 0.354 e. The molecule has 2 heterocycles. The van der Waals surface area contributed by atoms with E-state index in [0.29, 0.717) is 18.1 Å². The second kappa shape index (κ2) is 6.20. The van der Waals surface area contributed by atoms with Crippen LogP contribution in [-0.2, 0) is 6.54 Å². The average molecular weight is 329 g/mol. The molecule has 1 N–H and O–H groups in total. The van der Waals surface area contributed by atoms with E-state index >= 15 is 0 Å². The SMILES string of the molecule is O=C(O)c1cccc(-c2nc3ccccc3n2Cc2ccccc2)n1. The zero-order valence-electron chi connectivity index (χ0n) is 13.3. The Bertz CT molecular complexity index is 1050. The molecular formula is C20H15N3O2. The molecule has 2 aromatic carbocycles. The molecule has 25 heavy (non-hydrogen) atoms. The third-order valence-electron chi connectivity index (χ3n) is 4.04. The number of aromatic carboxylic acids is 1. The van der Waals surface area contributed by atoms with Gasteiger partial charge in [-0.3, -0.25) is 0 Å². The van der Waals surface area contributed by atoms with Crippen LogP contribution in [0.2, 0.25) is 0 Å². The lowest BCUT2D eigenvalue weighted by atomic mass is 10.2.